The third-order valence-electron chi connectivity index (χ3n) is 4.38. The summed E-state index contributed by atoms with van der Waals surface area (Å²) in [6.45, 7) is 3.58. The van der Waals surface area contributed by atoms with Gasteiger partial charge in [-0.25, -0.2) is 22.0 Å². The second-order valence-electron chi connectivity index (χ2n) is 6.84. The van der Waals surface area contributed by atoms with Gasteiger partial charge in [0.2, 0.25) is 15.9 Å². The van der Waals surface area contributed by atoms with E-state index in [0.717, 1.165) is 34.3 Å². The van der Waals surface area contributed by atoms with Crippen LogP contribution in [0.2, 0.25) is 0 Å². The summed E-state index contributed by atoms with van der Waals surface area (Å²) in [6, 6.07) is 7.57. The lowest BCUT2D eigenvalue weighted by Crippen LogP contribution is -2.31. The maximum absolute atomic E-state index is 13.5. The number of rotatable bonds is 9. The minimum absolute atomic E-state index is 0.0280. The fourth-order valence-electron chi connectivity index (χ4n) is 2.82. The largest absolute Gasteiger partial charge is 0.462 e. The van der Waals surface area contributed by atoms with Gasteiger partial charge < -0.3 is 10.1 Å². The lowest BCUT2D eigenvalue weighted by atomic mass is 10.1. The molecule has 0 aliphatic rings. The molecule has 0 aromatic heterocycles. The van der Waals surface area contributed by atoms with E-state index in [-0.39, 0.29) is 37.6 Å². The number of nitrogens with zero attached hydrogens (tertiary/aromatic N) is 1. The molecule has 0 heterocycles. The molecule has 1 N–H and O–H groups in total. The summed E-state index contributed by atoms with van der Waals surface area (Å²) in [7, 11) is -3.77. The number of anilines is 2. The zero-order valence-electron chi connectivity index (χ0n) is 17.4. The molecule has 10 heteroatoms. The monoisotopic (exact) mass is 454 g/mol. The van der Waals surface area contributed by atoms with Gasteiger partial charge in [-0.3, -0.25) is 9.10 Å². The molecule has 0 spiro atoms. The molecule has 168 valence electrons. The van der Waals surface area contributed by atoms with E-state index < -0.39 is 27.6 Å². The number of halogens is 2. The van der Waals surface area contributed by atoms with Crippen LogP contribution in [-0.4, -0.2) is 39.7 Å². The molecule has 31 heavy (non-hydrogen) atoms. The number of carbonyl (C=O) groups excluding carboxylic acids is 2. The molecule has 0 saturated heterocycles. The minimum atomic E-state index is -3.77. The van der Waals surface area contributed by atoms with Crippen molar-refractivity contribution in [1.82, 2.24) is 0 Å². The van der Waals surface area contributed by atoms with Crippen molar-refractivity contribution in [3.8, 4) is 0 Å². The highest BCUT2D eigenvalue weighted by molar-refractivity contribution is 7.92. The van der Waals surface area contributed by atoms with Gasteiger partial charge in [-0.05, 0) is 50.1 Å². The molecular formula is C21H24F2N2O5S. The molecule has 0 aliphatic carbocycles. The first-order valence-corrected chi connectivity index (χ1v) is 11.4. The van der Waals surface area contributed by atoms with E-state index >= 15 is 0 Å². The van der Waals surface area contributed by atoms with Gasteiger partial charge in [0.05, 0.1) is 24.1 Å². The third-order valence-corrected chi connectivity index (χ3v) is 5.57. The molecule has 0 unspecified atom stereocenters. The lowest BCUT2D eigenvalue weighted by molar-refractivity contribution is -0.116. The molecule has 0 bridgehead atoms. The molecule has 0 radical (unpaired) electrons. The number of carbonyl (C=O) groups is 2. The van der Waals surface area contributed by atoms with Crippen LogP contribution in [0.5, 0.6) is 0 Å². The average molecular weight is 454 g/mol. The number of benzene rings is 2. The Labute approximate surface area is 180 Å². The van der Waals surface area contributed by atoms with E-state index in [9.17, 15) is 26.8 Å². The zero-order valence-corrected chi connectivity index (χ0v) is 18.3. The Hall–Kier alpha value is -3.01. The maximum atomic E-state index is 13.5. The quantitative estimate of drug-likeness (QED) is 0.584. The molecule has 2 aromatic rings. The van der Waals surface area contributed by atoms with E-state index in [1.165, 1.54) is 6.07 Å². The second kappa shape index (κ2) is 10.3. The summed E-state index contributed by atoms with van der Waals surface area (Å²) in [5, 5.41) is 2.69. The summed E-state index contributed by atoms with van der Waals surface area (Å²) in [4.78, 5) is 24.2. The highest BCUT2D eigenvalue weighted by atomic mass is 32.2. The number of ether oxygens (including phenoxy) is 1. The Morgan fingerprint density at radius 1 is 1.10 bits per heavy atom. The van der Waals surface area contributed by atoms with Gasteiger partial charge in [-0.15, -0.1) is 0 Å². The fraction of sp³-hybridized carbons (Fsp3) is 0.333. The lowest BCUT2D eigenvalue weighted by Gasteiger charge is -2.22. The SMILES string of the molecule is CCOC(=O)c1ccc(C)c(NC(=O)CCCN(c2ccc(F)c(F)c2)S(C)(=O)=O)c1. The number of sulfonamides is 1. The van der Waals surface area contributed by atoms with Gasteiger partial charge in [-0.2, -0.15) is 0 Å². The molecular weight excluding hydrogens is 430 g/mol. The van der Waals surface area contributed by atoms with Crippen molar-refractivity contribution in [2.45, 2.75) is 26.7 Å². The molecule has 2 rings (SSSR count). The Morgan fingerprint density at radius 2 is 1.81 bits per heavy atom. The highest BCUT2D eigenvalue weighted by Gasteiger charge is 2.19. The predicted molar refractivity (Wildman–Crippen MR) is 114 cm³/mol. The van der Waals surface area contributed by atoms with Crippen molar-refractivity contribution in [1.29, 1.82) is 0 Å². The van der Waals surface area contributed by atoms with E-state index in [1.807, 2.05) is 0 Å². The Morgan fingerprint density at radius 3 is 2.42 bits per heavy atom. The number of aryl methyl sites for hydroxylation is 1. The van der Waals surface area contributed by atoms with Crippen LogP contribution in [0.15, 0.2) is 36.4 Å². The Balaban J connectivity index is 2.04. The first kappa shape index (κ1) is 24.3. The molecule has 2 aromatic carbocycles. The highest BCUT2D eigenvalue weighted by Crippen LogP contribution is 2.22. The Kier molecular flexibility index (Phi) is 8.09. The van der Waals surface area contributed by atoms with Crippen molar-refractivity contribution in [2.24, 2.45) is 0 Å². The molecule has 0 aliphatic heterocycles. The molecule has 0 fully saturated rings. The van der Waals surface area contributed by atoms with Crippen molar-refractivity contribution in [2.75, 3.05) is 29.0 Å². The summed E-state index contributed by atoms with van der Waals surface area (Å²) in [6.07, 6.45) is 1.05. The molecule has 1 amide bonds. The summed E-state index contributed by atoms with van der Waals surface area (Å²) in [5.74, 6) is -3.14. The normalized spacial score (nSPS) is 11.1. The number of hydrogen-bond acceptors (Lipinski definition) is 5. The van der Waals surface area contributed by atoms with Crippen LogP contribution in [0.3, 0.4) is 0 Å². The van der Waals surface area contributed by atoms with Crippen LogP contribution in [-0.2, 0) is 19.6 Å². The van der Waals surface area contributed by atoms with Crippen molar-refractivity contribution < 1.29 is 31.5 Å². The first-order chi connectivity index (χ1) is 14.5. The van der Waals surface area contributed by atoms with E-state index in [0.29, 0.717) is 11.3 Å². The van der Waals surface area contributed by atoms with Gasteiger partial charge in [-0.1, -0.05) is 6.07 Å². The topological polar surface area (TPSA) is 92.8 Å². The van der Waals surface area contributed by atoms with Crippen molar-refractivity contribution in [3.05, 3.63) is 59.2 Å². The number of nitrogens with one attached hydrogen (secondary N) is 1. The standard InChI is InChI=1S/C21H24F2N2O5S/c1-4-30-21(27)15-8-7-14(2)19(12-15)24-20(26)6-5-11-25(31(3,28)29)16-9-10-17(22)18(23)13-16/h7-10,12-13H,4-6,11H2,1-3H3,(H,24,26). The molecule has 7 nitrogen and oxygen atoms in total. The van der Waals surface area contributed by atoms with Crippen LogP contribution in [0.4, 0.5) is 20.2 Å². The molecule has 0 saturated carbocycles. The summed E-state index contributed by atoms with van der Waals surface area (Å²) in [5.41, 5.74) is 1.45. The van der Waals surface area contributed by atoms with Crippen LogP contribution in [0.1, 0.15) is 35.7 Å². The first-order valence-electron chi connectivity index (χ1n) is 9.53. The summed E-state index contributed by atoms with van der Waals surface area (Å²) >= 11 is 0. The average Bonchev–Trinajstić information content (AvgIpc) is 2.68. The van der Waals surface area contributed by atoms with Gasteiger partial charge >= 0.3 is 5.97 Å². The minimum Gasteiger partial charge on any atom is -0.462 e. The van der Waals surface area contributed by atoms with Gasteiger partial charge in [0, 0.05) is 24.7 Å². The fourth-order valence-corrected chi connectivity index (χ4v) is 3.78. The van der Waals surface area contributed by atoms with E-state index in [2.05, 4.69) is 5.32 Å². The van der Waals surface area contributed by atoms with E-state index in [4.69, 9.17) is 4.74 Å². The van der Waals surface area contributed by atoms with Crippen LogP contribution in [0, 0.1) is 18.6 Å². The number of amides is 1. The molecule has 0 atom stereocenters. The smallest absolute Gasteiger partial charge is 0.338 e. The van der Waals surface area contributed by atoms with E-state index in [1.54, 1.807) is 26.0 Å². The predicted octanol–water partition coefficient (Wildman–Crippen LogP) is 3.63. The summed E-state index contributed by atoms with van der Waals surface area (Å²) < 4.78 is 56.6. The maximum Gasteiger partial charge on any atom is 0.338 e. The number of hydrogen-bond donors (Lipinski definition) is 1. The third kappa shape index (κ3) is 6.74. The zero-order chi connectivity index (χ0) is 23.2. The Bertz CT molecular complexity index is 1070. The van der Waals surface area contributed by atoms with Crippen LogP contribution in [0.25, 0.3) is 0 Å². The van der Waals surface area contributed by atoms with Crippen molar-refractivity contribution in [3.63, 3.8) is 0 Å². The number of esters is 1. The van der Waals surface area contributed by atoms with Gasteiger partial charge in [0.15, 0.2) is 11.6 Å². The van der Waals surface area contributed by atoms with Crippen LogP contribution < -0.4 is 9.62 Å². The van der Waals surface area contributed by atoms with Gasteiger partial charge in [0.1, 0.15) is 0 Å². The van der Waals surface area contributed by atoms with Crippen LogP contribution >= 0.6 is 0 Å². The van der Waals surface area contributed by atoms with Crippen molar-refractivity contribution >= 4 is 33.3 Å². The second-order valence-corrected chi connectivity index (χ2v) is 8.74. The van der Waals surface area contributed by atoms with Gasteiger partial charge in [0.25, 0.3) is 0 Å².